The zero-order valence-corrected chi connectivity index (χ0v) is 33.4. The molecule has 11 rings (SSSR count). The van der Waals surface area contributed by atoms with Crippen molar-refractivity contribution in [1.82, 2.24) is 0 Å². The van der Waals surface area contributed by atoms with E-state index < -0.39 is 0 Å². The van der Waals surface area contributed by atoms with Gasteiger partial charge in [0.15, 0.2) is 0 Å². The van der Waals surface area contributed by atoms with Crippen molar-refractivity contribution in [2.75, 3.05) is 0 Å². The lowest BCUT2D eigenvalue weighted by molar-refractivity contribution is 0.590. The molecule has 0 aliphatic carbocycles. The Morgan fingerprint density at radius 2 is 0.797 bits per heavy atom. The van der Waals surface area contributed by atoms with Gasteiger partial charge in [0.25, 0.3) is 0 Å². The first-order valence-corrected chi connectivity index (χ1v) is 20.5. The zero-order chi connectivity index (χ0) is 39.8. The van der Waals surface area contributed by atoms with Gasteiger partial charge in [0.2, 0.25) is 0 Å². The van der Waals surface area contributed by atoms with Crippen molar-refractivity contribution >= 4 is 64.6 Å². The van der Waals surface area contributed by atoms with Gasteiger partial charge in [-0.2, -0.15) is 0 Å². The third-order valence-electron chi connectivity index (χ3n) is 12.4. The zero-order valence-electron chi connectivity index (χ0n) is 33.4. The van der Waals surface area contributed by atoms with Crippen molar-refractivity contribution in [3.63, 3.8) is 0 Å². The van der Waals surface area contributed by atoms with Crippen molar-refractivity contribution in [2.24, 2.45) is 0 Å². The SMILES string of the molecule is CC(C)(C)c1ccc(-c2cc(-c3cc4ccccc4c4ccccc34)c3cc4cc(-c5ccc(F)cc5)ccc4c(-c4cc5ccccc5c5ccccc45)c3c2)cc1. The molecule has 0 saturated carbocycles. The summed E-state index contributed by atoms with van der Waals surface area (Å²) >= 11 is 0. The highest BCUT2D eigenvalue weighted by molar-refractivity contribution is 6.25. The molecule has 0 atom stereocenters. The van der Waals surface area contributed by atoms with Crippen LogP contribution in [0.25, 0.3) is 109 Å². The minimum absolute atomic E-state index is 0.0487. The Hall–Kier alpha value is -7.09. The van der Waals surface area contributed by atoms with Gasteiger partial charge in [-0.15, -0.1) is 0 Å². The summed E-state index contributed by atoms with van der Waals surface area (Å²) in [7, 11) is 0. The second kappa shape index (κ2) is 13.5. The minimum atomic E-state index is -0.234. The third-order valence-corrected chi connectivity index (χ3v) is 12.4. The summed E-state index contributed by atoms with van der Waals surface area (Å²) in [6.45, 7) is 6.81. The molecule has 0 aromatic heterocycles. The van der Waals surface area contributed by atoms with Crippen molar-refractivity contribution in [1.29, 1.82) is 0 Å². The number of hydrogen-bond donors (Lipinski definition) is 0. The molecule has 0 nitrogen and oxygen atoms in total. The van der Waals surface area contributed by atoms with Crippen molar-refractivity contribution in [2.45, 2.75) is 26.2 Å². The van der Waals surface area contributed by atoms with Crippen molar-refractivity contribution < 1.29 is 4.39 Å². The smallest absolute Gasteiger partial charge is 0.123 e. The first-order valence-electron chi connectivity index (χ1n) is 20.5. The van der Waals surface area contributed by atoms with Crippen LogP contribution in [0.15, 0.2) is 194 Å². The van der Waals surface area contributed by atoms with Gasteiger partial charge >= 0.3 is 0 Å². The molecule has 0 amide bonds. The molecule has 0 aliphatic rings. The topological polar surface area (TPSA) is 0 Å². The highest BCUT2D eigenvalue weighted by atomic mass is 19.1. The maximum absolute atomic E-state index is 14.2. The second-order valence-corrected chi connectivity index (χ2v) is 17.0. The van der Waals surface area contributed by atoms with E-state index in [9.17, 15) is 4.39 Å². The van der Waals surface area contributed by atoms with Gasteiger partial charge in [-0.25, -0.2) is 4.39 Å². The van der Waals surface area contributed by atoms with E-state index in [0.29, 0.717) is 0 Å². The maximum Gasteiger partial charge on any atom is 0.123 e. The Labute approximate surface area is 343 Å². The number of rotatable bonds is 4. The Morgan fingerprint density at radius 3 is 1.42 bits per heavy atom. The van der Waals surface area contributed by atoms with E-state index in [4.69, 9.17) is 0 Å². The molecule has 1 heteroatoms. The van der Waals surface area contributed by atoms with Crippen LogP contribution in [0.4, 0.5) is 4.39 Å². The normalized spacial score (nSPS) is 12.1. The molecule has 0 saturated heterocycles. The molecule has 0 spiro atoms. The first kappa shape index (κ1) is 35.1. The van der Waals surface area contributed by atoms with E-state index in [0.717, 1.165) is 16.5 Å². The summed E-state index contributed by atoms with van der Waals surface area (Å²) in [5.41, 5.74) is 10.6. The lowest BCUT2D eigenvalue weighted by Crippen LogP contribution is -2.10. The third kappa shape index (κ3) is 5.88. The molecule has 0 heterocycles. The van der Waals surface area contributed by atoms with Crippen LogP contribution in [0, 0.1) is 5.82 Å². The predicted molar refractivity (Wildman–Crippen MR) is 252 cm³/mol. The van der Waals surface area contributed by atoms with Crippen LogP contribution in [-0.4, -0.2) is 0 Å². The van der Waals surface area contributed by atoms with Crippen LogP contribution in [0.1, 0.15) is 26.3 Å². The molecule has 0 radical (unpaired) electrons. The summed E-state index contributed by atoms with van der Waals surface area (Å²) in [6, 6.07) is 70.0. The van der Waals surface area contributed by atoms with E-state index in [1.54, 1.807) is 12.1 Å². The number of benzene rings is 11. The van der Waals surface area contributed by atoms with Gasteiger partial charge < -0.3 is 0 Å². The van der Waals surface area contributed by atoms with Crippen LogP contribution >= 0.6 is 0 Å². The Kier molecular flexibility index (Phi) is 8.03. The van der Waals surface area contributed by atoms with Crippen molar-refractivity contribution in [3.8, 4) is 44.5 Å². The van der Waals surface area contributed by atoms with E-state index in [1.165, 1.54) is 98.2 Å². The molecule has 0 fully saturated rings. The molecule has 0 N–H and O–H groups in total. The van der Waals surface area contributed by atoms with Crippen LogP contribution < -0.4 is 0 Å². The fourth-order valence-electron chi connectivity index (χ4n) is 9.43. The first-order chi connectivity index (χ1) is 28.8. The van der Waals surface area contributed by atoms with Crippen molar-refractivity contribution in [3.05, 3.63) is 206 Å². The van der Waals surface area contributed by atoms with Gasteiger partial charge in [0.1, 0.15) is 5.82 Å². The van der Waals surface area contributed by atoms with Crippen LogP contribution in [0.5, 0.6) is 0 Å². The second-order valence-electron chi connectivity index (χ2n) is 17.0. The molecule has 0 aliphatic heterocycles. The summed E-state index contributed by atoms with van der Waals surface area (Å²) in [5.74, 6) is -0.234. The van der Waals surface area contributed by atoms with Crippen LogP contribution in [0.3, 0.4) is 0 Å². The molecular weight excluding hydrogens is 716 g/mol. The lowest BCUT2D eigenvalue weighted by atomic mass is 9.82. The number of halogens is 1. The van der Waals surface area contributed by atoms with Gasteiger partial charge in [0.05, 0.1) is 0 Å². The summed E-state index contributed by atoms with van der Waals surface area (Å²) in [6.07, 6.45) is 0. The van der Waals surface area contributed by atoms with Gasteiger partial charge in [-0.3, -0.25) is 0 Å². The van der Waals surface area contributed by atoms with E-state index in [-0.39, 0.29) is 11.2 Å². The van der Waals surface area contributed by atoms with Gasteiger partial charge in [-0.05, 0) is 169 Å². The van der Waals surface area contributed by atoms with Gasteiger partial charge in [0, 0.05) is 0 Å². The summed E-state index contributed by atoms with van der Waals surface area (Å²) < 4.78 is 14.2. The predicted octanol–water partition coefficient (Wildman–Crippen LogP) is 16.7. The standard InChI is InChI=1S/C58H41F/c1-58(2,3)43-25-20-37(21-26-43)41-33-53(52-31-39-12-4-6-14-45(39)48-16-8-10-18-50(48)52)54-35-42-30-38(36-22-27-44(59)28-23-36)24-29-47(42)57(56(54)34-41)55-32-40-13-5-7-15-46(40)49-17-9-11-19-51(49)55/h4-35H,1-3H3. The summed E-state index contributed by atoms with van der Waals surface area (Å²) in [5, 5.41) is 14.6. The molecule has 0 unspecified atom stereocenters. The van der Waals surface area contributed by atoms with Crippen LogP contribution in [-0.2, 0) is 5.41 Å². The lowest BCUT2D eigenvalue weighted by Gasteiger charge is -2.21. The molecule has 59 heavy (non-hydrogen) atoms. The molecular formula is C58H41F. The molecule has 0 bridgehead atoms. The fourth-order valence-corrected chi connectivity index (χ4v) is 9.43. The van der Waals surface area contributed by atoms with Gasteiger partial charge in [-0.1, -0.05) is 166 Å². The number of fused-ring (bicyclic) bond motifs is 8. The van der Waals surface area contributed by atoms with E-state index in [2.05, 4.69) is 191 Å². The largest absolute Gasteiger partial charge is 0.207 e. The maximum atomic E-state index is 14.2. The molecule has 11 aromatic rings. The average molecular weight is 757 g/mol. The Morgan fingerprint density at radius 1 is 0.305 bits per heavy atom. The Balaban J connectivity index is 1.32. The average Bonchev–Trinajstić information content (AvgIpc) is 3.27. The number of hydrogen-bond acceptors (Lipinski definition) is 0. The minimum Gasteiger partial charge on any atom is -0.207 e. The summed E-state index contributed by atoms with van der Waals surface area (Å²) in [4.78, 5) is 0. The van der Waals surface area contributed by atoms with E-state index in [1.807, 2.05) is 12.1 Å². The van der Waals surface area contributed by atoms with E-state index >= 15 is 0 Å². The quantitative estimate of drug-likeness (QED) is 0.124. The fraction of sp³-hybridized carbons (Fsp3) is 0.0690. The molecule has 11 aromatic carbocycles. The Bertz CT molecular complexity index is 3460. The van der Waals surface area contributed by atoms with Crippen LogP contribution in [0.2, 0.25) is 0 Å². The highest BCUT2D eigenvalue weighted by Crippen LogP contribution is 2.48. The monoisotopic (exact) mass is 756 g/mol. The highest BCUT2D eigenvalue weighted by Gasteiger charge is 2.21. The molecule has 280 valence electrons.